The van der Waals surface area contributed by atoms with Gasteiger partial charge in [0.2, 0.25) is 5.89 Å². The molecule has 1 aromatic heterocycles. The molecule has 1 heterocycles. The van der Waals surface area contributed by atoms with Crippen LogP contribution in [0.3, 0.4) is 0 Å². The summed E-state index contributed by atoms with van der Waals surface area (Å²) in [5, 5.41) is 2.74. The molecule has 0 amide bonds. The van der Waals surface area contributed by atoms with E-state index in [1.54, 1.807) is 0 Å². The highest BCUT2D eigenvalue weighted by molar-refractivity contribution is 5.85. The van der Waals surface area contributed by atoms with Gasteiger partial charge in [-0.25, -0.2) is 0 Å². The minimum Gasteiger partial charge on any atom is -0.339 e. The lowest BCUT2D eigenvalue weighted by molar-refractivity contribution is -0.146. The van der Waals surface area contributed by atoms with Crippen LogP contribution in [0.25, 0.3) is 0 Å². The molecule has 0 atom stereocenters. The molecule has 1 rings (SSSR count). The zero-order chi connectivity index (χ0) is 9.19. The molecule has 0 fully saturated rings. The van der Waals surface area contributed by atoms with Crippen molar-refractivity contribution < 1.29 is 17.7 Å². The summed E-state index contributed by atoms with van der Waals surface area (Å²) in [6.45, 7) is 0.180. The number of hydrogen-bond donors (Lipinski definition) is 1. The first-order chi connectivity index (χ1) is 5.54. The second-order valence-electron chi connectivity index (χ2n) is 2.05. The summed E-state index contributed by atoms with van der Waals surface area (Å²) in [7, 11) is 0. The van der Waals surface area contributed by atoms with Crippen LogP contribution in [0.15, 0.2) is 4.52 Å². The van der Waals surface area contributed by atoms with E-state index in [4.69, 9.17) is 5.73 Å². The van der Waals surface area contributed by atoms with Gasteiger partial charge >= 0.3 is 6.18 Å². The summed E-state index contributed by atoms with van der Waals surface area (Å²) in [6, 6.07) is 0. The van der Waals surface area contributed by atoms with Crippen LogP contribution in [0.5, 0.6) is 0 Å². The van der Waals surface area contributed by atoms with Crippen LogP contribution < -0.4 is 5.73 Å². The highest BCUT2D eigenvalue weighted by Crippen LogP contribution is 2.26. The van der Waals surface area contributed by atoms with E-state index in [-0.39, 0.29) is 31.3 Å². The fourth-order valence-corrected chi connectivity index (χ4v) is 0.595. The van der Waals surface area contributed by atoms with E-state index in [0.717, 1.165) is 0 Å². The third kappa shape index (κ3) is 3.19. The van der Waals surface area contributed by atoms with Crippen LogP contribution in [-0.2, 0) is 12.6 Å². The molecule has 1 aromatic rings. The zero-order valence-electron chi connectivity index (χ0n) is 6.34. The van der Waals surface area contributed by atoms with Crippen molar-refractivity contribution in [2.45, 2.75) is 12.6 Å². The molecule has 0 aliphatic carbocycles. The maximum absolute atomic E-state index is 11.8. The molecule has 13 heavy (non-hydrogen) atoms. The second-order valence-corrected chi connectivity index (χ2v) is 2.05. The largest absolute Gasteiger partial charge is 0.455 e. The van der Waals surface area contributed by atoms with E-state index in [2.05, 4.69) is 14.7 Å². The van der Waals surface area contributed by atoms with Gasteiger partial charge in [0.25, 0.3) is 5.82 Å². The van der Waals surface area contributed by atoms with Gasteiger partial charge in [-0.15, -0.1) is 12.4 Å². The smallest absolute Gasteiger partial charge is 0.339 e. The lowest BCUT2D eigenvalue weighted by atomic mass is 10.4. The molecule has 0 spiro atoms. The minimum atomic E-state index is -4.55. The molecule has 76 valence electrons. The summed E-state index contributed by atoms with van der Waals surface area (Å²) in [6.07, 6.45) is -4.39. The Balaban J connectivity index is 0.00000144. The molecule has 0 aliphatic rings. The van der Waals surface area contributed by atoms with Crippen LogP contribution in [0, 0.1) is 0 Å². The number of aromatic nitrogens is 2. The summed E-state index contributed by atoms with van der Waals surface area (Å²) in [5.74, 6) is -1.35. The summed E-state index contributed by atoms with van der Waals surface area (Å²) < 4.78 is 39.7. The van der Waals surface area contributed by atoms with Gasteiger partial charge in [0, 0.05) is 13.0 Å². The topological polar surface area (TPSA) is 64.9 Å². The van der Waals surface area contributed by atoms with E-state index < -0.39 is 12.0 Å². The lowest BCUT2D eigenvalue weighted by Gasteiger charge is -1.95. The zero-order valence-corrected chi connectivity index (χ0v) is 7.15. The molecule has 0 saturated heterocycles. The quantitative estimate of drug-likeness (QED) is 0.803. The minimum absolute atomic E-state index is 0. The van der Waals surface area contributed by atoms with Gasteiger partial charge < -0.3 is 10.3 Å². The first kappa shape index (κ1) is 12.2. The van der Waals surface area contributed by atoms with E-state index in [1.807, 2.05) is 0 Å². The fourth-order valence-electron chi connectivity index (χ4n) is 0.595. The van der Waals surface area contributed by atoms with Gasteiger partial charge in [0.15, 0.2) is 0 Å². The Hall–Kier alpha value is -0.820. The lowest BCUT2D eigenvalue weighted by Crippen LogP contribution is -2.08. The molecular formula is C5H7ClF3N3O. The Labute approximate surface area is 77.7 Å². The average molecular weight is 218 g/mol. The number of alkyl halides is 3. The van der Waals surface area contributed by atoms with Gasteiger partial charge in [0.05, 0.1) is 0 Å². The van der Waals surface area contributed by atoms with Crippen LogP contribution in [0.1, 0.15) is 11.7 Å². The maximum Gasteiger partial charge on any atom is 0.455 e. The predicted molar refractivity (Wildman–Crippen MR) is 39.3 cm³/mol. The second kappa shape index (κ2) is 4.43. The molecular weight excluding hydrogens is 211 g/mol. The van der Waals surface area contributed by atoms with Crippen molar-refractivity contribution in [3.05, 3.63) is 11.7 Å². The summed E-state index contributed by atoms with van der Waals surface area (Å²) in [4.78, 5) is 3.09. The Morgan fingerprint density at radius 3 is 2.38 bits per heavy atom. The molecule has 4 nitrogen and oxygen atoms in total. The van der Waals surface area contributed by atoms with Crippen molar-refractivity contribution >= 4 is 12.4 Å². The standard InChI is InChI=1S/C5H6F3N3O.ClH/c6-5(7,8)4-10-3(1-2-9)12-11-4;/h1-2,9H2;1H. The van der Waals surface area contributed by atoms with Crippen molar-refractivity contribution in [1.29, 1.82) is 0 Å². The number of rotatable bonds is 2. The number of hydrogen-bond acceptors (Lipinski definition) is 4. The first-order valence-corrected chi connectivity index (χ1v) is 3.14. The molecule has 8 heteroatoms. The van der Waals surface area contributed by atoms with E-state index in [1.165, 1.54) is 0 Å². The molecule has 0 saturated carbocycles. The Kier molecular flexibility index (Phi) is 4.15. The number of nitrogens with two attached hydrogens (primary N) is 1. The normalized spacial score (nSPS) is 11.1. The van der Waals surface area contributed by atoms with Crippen LogP contribution >= 0.6 is 12.4 Å². The molecule has 0 radical (unpaired) electrons. The first-order valence-electron chi connectivity index (χ1n) is 3.14. The van der Waals surface area contributed by atoms with Crippen LogP contribution in [0.2, 0.25) is 0 Å². The van der Waals surface area contributed by atoms with Gasteiger partial charge in [-0.1, -0.05) is 5.16 Å². The van der Waals surface area contributed by atoms with Crippen molar-refractivity contribution in [3.8, 4) is 0 Å². The van der Waals surface area contributed by atoms with Crippen LogP contribution in [0.4, 0.5) is 13.2 Å². The third-order valence-electron chi connectivity index (χ3n) is 1.08. The monoisotopic (exact) mass is 217 g/mol. The van der Waals surface area contributed by atoms with E-state index >= 15 is 0 Å². The Bertz CT molecular complexity index is 262. The molecule has 0 bridgehead atoms. The predicted octanol–water partition coefficient (Wildman–Crippen LogP) is 1.01. The van der Waals surface area contributed by atoms with Gasteiger partial charge in [0.1, 0.15) is 0 Å². The van der Waals surface area contributed by atoms with Gasteiger partial charge in [-0.3, -0.25) is 0 Å². The summed E-state index contributed by atoms with van der Waals surface area (Å²) >= 11 is 0. The molecule has 2 N–H and O–H groups in total. The van der Waals surface area contributed by atoms with Gasteiger partial charge in [-0.05, 0) is 0 Å². The SMILES string of the molecule is Cl.NCCc1nc(C(F)(F)F)no1. The maximum atomic E-state index is 11.8. The Morgan fingerprint density at radius 2 is 2.00 bits per heavy atom. The third-order valence-corrected chi connectivity index (χ3v) is 1.08. The molecule has 0 aliphatic heterocycles. The molecule has 0 unspecified atom stereocenters. The van der Waals surface area contributed by atoms with Crippen LogP contribution in [-0.4, -0.2) is 16.7 Å². The highest BCUT2D eigenvalue weighted by Gasteiger charge is 2.36. The van der Waals surface area contributed by atoms with Crippen molar-refractivity contribution in [2.24, 2.45) is 5.73 Å². The Morgan fingerprint density at radius 1 is 1.38 bits per heavy atom. The number of halogens is 4. The van der Waals surface area contributed by atoms with Gasteiger partial charge in [-0.2, -0.15) is 18.2 Å². The van der Waals surface area contributed by atoms with E-state index in [9.17, 15) is 13.2 Å². The molecule has 0 aromatic carbocycles. The van der Waals surface area contributed by atoms with E-state index in [0.29, 0.717) is 0 Å². The average Bonchev–Trinajstić information content (AvgIpc) is 2.35. The van der Waals surface area contributed by atoms with Crippen molar-refractivity contribution in [3.63, 3.8) is 0 Å². The summed E-state index contributed by atoms with van der Waals surface area (Å²) in [5.41, 5.74) is 5.07. The van der Waals surface area contributed by atoms with Crippen molar-refractivity contribution in [1.82, 2.24) is 10.1 Å². The fraction of sp³-hybridized carbons (Fsp3) is 0.600. The number of nitrogens with zero attached hydrogens (tertiary/aromatic N) is 2. The highest BCUT2D eigenvalue weighted by atomic mass is 35.5. The van der Waals surface area contributed by atoms with Crippen molar-refractivity contribution in [2.75, 3.05) is 6.54 Å².